The fourth-order valence-corrected chi connectivity index (χ4v) is 3.24. The first-order valence-electron chi connectivity index (χ1n) is 9.44. The van der Waals surface area contributed by atoms with Gasteiger partial charge in [-0.25, -0.2) is 4.68 Å². The molecule has 0 atom stereocenters. The van der Waals surface area contributed by atoms with Crippen molar-refractivity contribution in [2.75, 3.05) is 6.54 Å². The molecule has 0 spiro atoms. The Labute approximate surface area is 172 Å². The average Bonchev–Trinajstić information content (AvgIpc) is 3.32. The van der Waals surface area contributed by atoms with Gasteiger partial charge in [0.2, 0.25) is 0 Å². The Morgan fingerprint density at radius 3 is 2.76 bits per heavy atom. The van der Waals surface area contributed by atoms with Crippen molar-refractivity contribution >= 4 is 28.4 Å². The third kappa shape index (κ3) is 3.73. The summed E-state index contributed by atoms with van der Waals surface area (Å²) < 4.78 is 7.20. The summed E-state index contributed by atoms with van der Waals surface area (Å²) in [4.78, 5) is 12.4. The number of hydrogen-bond acceptors (Lipinski definition) is 5. The molecule has 0 unspecified atom stereocenters. The Morgan fingerprint density at radius 2 is 2.00 bits per heavy atom. The van der Waals surface area contributed by atoms with Crippen LogP contribution in [0.3, 0.4) is 0 Å². The zero-order chi connectivity index (χ0) is 20.4. The molecule has 7 nitrogen and oxygen atoms in total. The second kappa shape index (κ2) is 8.05. The molecule has 8 heteroatoms. The predicted octanol–water partition coefficient (Wildman–Crippen LogP) is 4.57. The van der Waals surface area contributed by atoms with Crippen LogP contribution in [-0.2, 0) is 0 Å². The number of hydrogen-bond donors (Lipinski definition) is 1. The minimum atomic E-state index is -0.213. The normalized spacial score (nSPS) is 11.1. The van der Waals surface area contributed by atoms with E-state index in [1.54, 1.807) is 16.8 Å². The van der Waals surface area contributed by atoms with E-state index >= 15 is 0 Å². The van der Waals surface area contributed by atoms with Crippen LogP contribution in [0, 0.1) is 6.92 Å². The first-order chi connectivity index (χ1) is 14.1. The summed E-state index contributed by atoms with van der Waals surface area (Å²) in [5.41, 5.74) is 3.37. The molecular weight excluding hydrogens is 390 g/mol. The highest BCUT2D eigenvalue weighted by Gasteiger charge is 2.18. The molecule has 2 aromatic carbocycles. The number of nitrogens with one attached hydrogen (secondary N) is 1. The van der Waals surface area contributed by atoms with E-state index in [4.69, 9.17) is 16.1 Å². The summed E-state index contributed by atoms with van der Waals surface area (Å²) in [6.07, 6.45) is 1.94. The number of halogens is 1. The average molecular weight is 410 g/mol. The molecule has 4 aromatic rings. The molecule has 0 radical (unpaired) electrons. The SMILES string of the molecule is CCCCNC(=O)c1nnn(-c2ccc3noc(-c4ccc(Cl)cc4)c3c2)c1C. The maximum Gasteiger partial charge on any atom is 0.273 e. The molecule has 1 amide bonds. The Balaban J connectivity index is 1.69. The lowest BCUT2D eigenvalue weighted by Gasteiger charge is -2.05. The van der Waals surface area contributed by atoms with Crippen molar-refractivity contribution in [2.45, 2.75) is 26.7 Å². The minimum Gasteiger partial charge on any atom is -0.355 e. The zero-order valence-electron chi connectivity index (χ0n) is 16.1. The van der Waals surface area contributed by atoms with Gasteiger partial charge in [0.15, 0.2) is 11.5 Å². The zero-order valence-corrected chi connectivity index (χ0v) is 16.9. The van der Waals surface area contributed by atoms with Crippen molar-refractivity contribution in [1.29, 1.82) is 0 Å². The lowest BCUT2D eigenvalue weighted by Crippen LogP contribution is -2.25. The summed E-state index contributed by atoms with van der Waals surface area (Å²) in [5, 5.41) is 16.8. The van der Waals surface area contributed by atoms with E-state index in [2.05, 4.69) is 27.7 Å². The first-order valence-corrected chi connectivity index (χ1v) is 9.82. The molecular formula is C21H20ClN5O2. The summed E-state index contributed by atoms with van der Waals surface area (Å²) in [5.74, 6) is 0.434. The lowest BCUT2D eigenvalue weighted by molar-refractivity contribution is 0.0947. The van der Waals surface area contributed by atoms with Crippen molar-refractivity contribution < 1.29 is 9.32 Å². The summed E-state index contributed by atoms with van der Waals surface area (Å²) in [7, 11) is 0. The Morgan fingerprint density at radius 1 is 1.21 bits per heavy atom. The van der Waals surface area contributed by atoms with Gasteiger partial charge in [0.05, 0.1) is 16.8 Å². The number of amides is 1. The molecule has 0 saturated carbocycles. The third-order valence-electron chi connectivity index (χ3n) is 4.74. The third-order valence-corrected chi connectivity index (χ3v) is 4.99. The maximum atomic E-state index is 12.4. The molecule has 1 N–H and O–H groups in total. The molecule has 0 bridgehead atoms. The van der Waals surface area contributed by atoms with Gasteiger partial charge in [0.1, 0.15) is 5.52 Å². The van der Waals surface area contributed by atoms with Gasteiger partial charge >= 0.3 is 0 Å². The molecule has 0 aliphatic rings. The van der Waals surface area contributed by atoms with Crippen molar-refractivity contribution in [2.24, 2.45) is 0 Å². The fourth-order valence-electron chi connectivity index (χ4n) is 3.12. The highest BCUT2D eigenvalue weighted by molar-refractivity contribution is 6.30. The van der Waals surface area contributed by atoms with Crippen molar-refractivity contribution in [3.8, 4) is 17.0 Å². The Hall–Kier alpha value is -3.19. The predicted molar refractivity (Wildman–Crippen MR) is 111 cm³/mol. The number of benzene rings is 2. The standard InChI is InChI=1S/C21H20ClN5O2/c1-3-4-11-23-21(28)19-13(2)27(26-24-19)16-9-10-18-17(12-16)20(29-25-18)14-5-7-15(22)8-6-14/h5-10,12H,3-4,11H2,1-2H3,(H,23,28). The molecule has 0 fully saturated rings. The number of fused-ring (bicyclic) bond motifs is 1. The van der Waals surface area contributed by atoms with Crippen LogP contribution in [0.2, 0.25) is 5.02 Å². The van der Waals surface area contributed by atoms with Gasteiger partial charge < -0.3 is 9.84 Å². The van der Waals surface area contributed by atoms with Gasteiger partial charge in [-0.3, -0.25) is 4.79 Å². The molecule has 29 heavy (non-hydrogen) atoms. The van der Waals surface area contributed by atoms with Gasteiger partial charge in [-0.05, 0) is 55.8 Å². The molecule has 2 aromatic heterocycles. The number of aromatic nitrogens is 4. The van der Waals surface area contributed by atoms with Gasteiger partial charge in [0, 0.05) is 17.1 Å². The van der Waals surface area contributed by atoms with Crippen molar-refractivity contribution in [3.63, 3.8) is 0 Å². The number of carbonyl (C=O) groups excluding carboxylic acids is 1. The lowest BCUT2D eigenvalue weighted by atomic mass is 10.1. The van der Waals surface area contributed by atoms with Crippen molar-refractivity contribution in [3.05, 3.63) is 58.9 Å². The van der Waals surface area contributed by atoms with Gasteiger partial charge in [-0.2, -0.15) is 0 Å². The van der Waals surface area contributed by atoms with Crippen LogP contribution in [0.15, 0.2) is 47.0 Å². The van der Waals surface area contributed by atoms with Gasteiger partial charge in [-0.15, -0.1) is 5.10 Å². The molecule has 2 heterocycles. The van der Waals surface area contributed by atoms with E-state index in [0.717, 1.165) is 35.0 Å². The minimum absolute atomic E-state index is 0.213. The molecule has 0 saturated heterocycles. The van der Waals surface area contributed by atoms with Crippen molar-refractivity contribution in [1.82, 2.24) is 25.5 Å². The molecule has 148 valence electrons. The maximum absolute atomic E-state index is 12.4. The largest absolute Gasteiger partial charge is 0.355 e. The van der Waals surface area contributed by atoms with Crippen LogP contribution in [0.5, 0.6) is 0 Å². The molecule has 4 rings (SSSR count). The summed E-state index contributed by atoms with van der Waals surface area (Å²) in [6, 6.07) is 13.0. The monoisotopic (exact) mass is 409 g/mol. The number of unbranched alkanes of at least 4 members (excludes halogenated alkanes) is 1. The van der Waals surface area contributed by atoms with E-state index in [1.165, 1.54) is 0 Å². The summed E-state index contributed by atoms with van der Waals surface area (Å²) in [6.45, 7) is 4.53. The number of carbonyl (C=O) groups is 1. The van der Waals surface area contributed by atoms with E-state index in [9.17, 15) is 4.79 Å². The highest BCUT2D eigenvalue weighted by atomic mass is 35.5. The van der Waals surface area contributed by atoms with Crippen LogP contribution < -0.4 is 5.32 Å². The molecule has 0 aliphatic heterocycles. The van der Waals surface area contributed by atoms with Crippen LogP contribution in [0.1, 0.15) is 35.9 Å². The van der Waals surface area contributed by atoms with E-state index in [1.807, 2.05) is 37.3 Å². The quantitative estimate of drug-likeness (QED) is 0.471. The van der Waals surface area contributed by atoms with Gasteiger partial charge in [0.25, 0.3) is 5.91 Å². The fraction of sp³-hybridized carbons (Fsp3) is 0.238. The first kappa shape index (κ1) is 19.1. The second-order valence-corrected chi connectivity index (χ2v) is 7.20. The second-order valence-electron chi connectivity index (χ2n) is 6.76. The van der Waals surface area contributed by atoms with E-state index in [-0.39, 0.29) is 5.91 Å². The summed E-state index contributed by atoms with van der Waals surface area (Å²) >= 11 is 5.98. The van der Waals surface area contributed by atoms with Crippen LogP contribution in [-0.4, -0.2) is 32.6 Å². The number of nitrogens with zero attached hydrogens (tertiary/aromatic N) is 4. The highest BCUT2D eigenvalue weighted by Crippen LogP contribution is 2.31. The van der Waals surface area contributed by atoms with E-state index in [0.29, 0.717) is 28.7 Å². The smallest absolute Gasteiger partial charge is 0.273 e. The van der Waals surface area contributed by atoms with Crippen LogP contribution in [0.25, 0.3) is 27.9 Å². The van der Waals surface area contributed by atoms with Gasteiger partial charge in [-0.1, -0.05) is 35.3 Å². The van der Waals surface area contributed by atoms with Crippen LogP contribution >= 0.6 is 11.6 Å². The Bertz CT molecular complexity index is 1160. The number of rotatable bonds is 6. The topological polar surface area (TPSA) is 85.8 Å². The van der Waals surface area contributed by atoms with E-state index < -0.39 is 0 Å². The Kier molecular flexibility index (Phi) is 5.31. The molecule has 0 aliphatic carbocycles. The van der Waals surface area contributed by atoms with Crippen LogP contribution in [0.4, 0.5) is 0 Å².